The summed E-state index contributed by atoms with van der Waals surface area (Å²) < 4.78 is 31.1. The van der Waals surface area contributed by atoms with Crippen LogP contribution >= 0.6 is 11.6 Å². The molecule has 2 rings (SSSR count). The Labute approximate surface area is 190 Å². The maximum absolute atomic E-state index is 12.6. The van der Waals surface area contributed by atoms with Crippen molar-refractivity contribution in [3.05, 3.63) is 53.1 Å². The second-order valence-electron chi connectivity index (χ2n) is 7.31. The Morgan fingerprint density at radius 1 is 1.19 bits per heavy atom. The number of hydrogen-bond donors (Lipinski definition) is 1. The van der Waals surface area contributed by atoms with Gasteiger partial charge in [0.2, 0.25) is 15.9 Å². The number of sulfonamides is 1. The van der Waals surface area contributed by atoms with Crippen LogP contribution in [0.4, 0.5) is 5.69 Å². The number of methoxy groups -OCH3 is 1. The molecular formula is C22H30ClN3O4S. The van der Waals surface area contributed by atoms with E-state index in [2.05, 4.69) is 17.1 Å². The van der Waals surface area contributed by atoms with Crippen molar-refractivity contribution in [3.8, 4) is 5.75 Å². The summed E-state index contributed by atoms with van der Waals surface area (Å²) in [5.41, 5.74) is 1.38. The minimum Gasteiger partial charge on any atom is -0.497 e. The molecule has 9 heteroatoms. The van der Waals surface area contributed by atoms with Crippen molar-refractivity contribution < 1.29 is 17.9 Å². The Bertz CT molecular complexity index is 1010. The molecule has 0 saturated carbocycles. The van der Waals surface area contributed by atoms with Gasteiger partial charge in [-0.25, -0.2) is 12.7 Å². The van der Waals surface area contributed by atoms with E-state index in [0.29, 0.717) is 6.54 Å². The quantitative estimate of drug-likeness (QED) is 0.571. The van der Waals surface area contributed by atoms with E-state index in [1.54, 1.807) is 7.11 Å². The van der Waals surface area contributed by atoms with Crippen LogP contribution in [0.15, 0.2) is 47.4 Å². The molecule has 170 valence electrons. The number of hydrogen-bond acceptors (Lipinski definition) is 5. The first-order valence-electron chi connectivity index (χ1n) is 10.00. The zero-order chi connectivity index (χ0) is 23.2. The van der Waals surface area contributed by atoms with Gasteiger partial charge in [-0.2, -0.15) is 0 Å². The van der Waals surface area contributed by atoms with Gasteiger partial charge < -0.3 is 10.1 Å². The lowest BCUT2D eigenvalue weighted by Gasteiger charge is -2.28. The predicted octanol–water partition coefficient (Wildman–Crippen LogP) is 4.01. The number of nitrogens with one attached hydrogen (secondary N) is 1. The van der Waals surface area contributed by atoms with E-state index in [1.807, 2.05) is 31.2 Å². The Morgan fingerprint density at radius 3 is 2.52 bits per heavy atom. The van der Waals surface area contributed by atoms with E-state index < -0.39 is 10.0 Å². The molecule has 7 nitrogen and oxygen atoms in total. The smallest absolute Gasteiger partial charge is 0.242 e. The molecule has 0 aliphatic heterocycles. The molecule has 0 spiro atoms. The molecule has 1 amide bonds. The molecule has 0 fully saturated rings. The average molecular weight is 468 g/mol. The summed E-state index contributed by atoms with van der Waals surface area (Å²) in [6.07, 6.45) is 0.239. The van der Waals surface area contributed by atoms with Crippen LogP contribution in [0.3, 0.4) is 0 Å². The Kier molecular flexibility index (Phi) is 8.88. The van der Waals surface area contributed by atoms with Gasteiger partial charge in [-0.1, -0.05) is 30.7 Å². The molecule has 0 aromatic heterocycles. The minimum absolute atomic E-state index is 0.0685. The Morgan fingerprint density at radius 2 is 1.90 bits per heavy atom. The highest BCUT2D eigenvalue weighted by molar-refractivity contribution is 7.89. The summed E-state index contributed by atoms with van der Waals surface area (Å²) in [6.45, 7) is 5.43. The van der Waals surface area contributed by atoms with Crippen LogP contribution < -0.4 is 10.1 Å². The normalized spacial score (nSPS) is 12.8. The molecule has 1 atom stereocenters. The molecule has 0 radical (unpaired) electrons. The van der Waals surface area contributed by atoms with Crippen LogP contribution in [0.1, 0.15) is 31.9 Å². The van der Waals surface area contributed by atoms with Crippen molar-refractivity contribution in [3.63, 3.8) is 0 Å². The molecule has 0 saturated heterocycles. The molecule has 0 aliphatic rings. The third kappa shape index (κ3) is 6.43. The largest absolute Gasteiger partial charge is 0.497 e. The maximum Gasteiger partial charge on any atom is 0.242 e. The van der Waals surface area contributed by atoms with E-state index in [4.69, 9.17) is 16.3 Å². The van der Waals surface area contributed by atoms with Crippen LogP contribution in [-0.2, 0) is 14.8 Å². The second kappa shape index (κ2) is 10.9. The van der Waals surface area contributed by atoms with Gasteiger partial charge in [-0.05, 0) is 49.4 Å². The van der Waals surface area contributed by atoms with Crippen molar-refractivity contribution in [1.29, 1.82) is 0 Å². The molecule has 1 unspecified atom stereocenters. The molecule has 2 aromatic rings. The second-order valence-corrected chi connectivity index (χ2v) is 9.87. The van der Waals surface area contributed by atoms with Gasteiger partial charge in [-0.15, -0.1) is 0 Å². The number of halogens is 1. The van der Waals surface area contributed by atoms with Crippen molar-refractivity contribution in [2.45, 2.75) is 31.2 Å². The summed E-state index contributed by atoms with van der Waals surface area (Å²) in [7, 11) is 0.909. The van der Waals surface area contributed by atoms with Crippen molar-refractivity contribution >= 4 is 33.2 Å². The zero-order valence-corrected chi connectivity index (χ0v) is 20.1. The van der Waals surface area contributed by atoms with Gasteiger partial charge in [-0.3, -0.25) is 9.69 Å². The van der Waals surface area contributed by atoms with Crippen molar-refractivity contribution in [2.24, 2.45) is 0 Å². The van der Waals surface area contributed by atoms with E-state index in [1.165, 1.54) is 32.3 Å². The summed E-state index contributed by atoms with van der Waals surface area (Å²) in [6, 6.07) is 12.2. The van der Waals surface area contributed by atoms with E-state index in [0.717, 1.165) is 22.2 Å². The van der Waals surface area contributed by atoms with Crippen LogP contribution in [0, 0.1) is 0 Å². The number of carbonyl (C=O) groups excluding carboxylic acids is 1. The molecule has 1 N–H and O–H groups in total. The van der Waals surface area contributed by atoms with Gasteiger partial charge in [0, 0.05) is 33.1 Å². The first-order chi connectivity index (χ1) is 14.6. The van der Waals surface area contributed by atoms with Crippen LogP contribution in [0.2, 0.25) is 5.02 Å². The standard InChI is InChI=1S/C22H30ClN3O4S/c1-6-26(16(2)17-8-7-9-18(14-17)30-5)13-12-22(27)24-21-15-19(10-11-20(21)23)31(28,29)25(3)4/h7-11,14-16H,6,12-13H2,1-5H3,(H,24,27). The summed E-state index contributed by atoms with van der Waals surface area (Å²) >= 11 is 6.17. The molecule has 2 aromatic carbocycles. The Hall–Kier alpha value is -2.13. The lowest BCUT2D eigenvalue weighted by atomic mass is 10.1. The monoisotopic (exact) mass is 467 g/mol. The molecule has 31 heavy (non-hydrogen) atoms. The predicted molar refractivity (Wildman–Crippen MR) is 124 cm³/mol. The summed E-state index contributed by atoms with van der Waals surface area (Å²) in [4.78, 5) is 14.8. The van der Waals surface area contributed by atoms with Gasteiger partial charge in [0.15, 0.2) is 0 Å². The molecule has 0 bridgehead atoms. The fraction of sp³-hybridized carbons (Fsp3) is 0.409. The molecular weight excluding hydrogens is 438 g/mol. The van der Waals surface area contributed by atoms with Crippen LogP contribution in [-0.4, -0.2) is 57.8 Å². The highest BCUT2D eigenvalue weighted by Gasteiger charge is 2.20. The highest BCUT2D eigenvalue weighted by Crippen LogP contribution is 2.27. The van der Waals surface area contributed by atoms with Gasteiger partial charge >= 0.3 is 0 Å². The number of anilines is 1. The minimum atomic E-state index is -3.62. The average Bonchev–Trinajstić information content (AvgIpc) is 2.75. The number of amides is 1. The SMILES string of the molecule is CCN(CCC(=O)Nc1cc(S(=O)(=O)N(C)C)ccc1Cl)C(C)c1cccc(OC)c1. The van der Waals surface area contributed by atoms with Crippen LogP contribution in [0.5, 0.6) is 5.75 Å². The maximum atomic E-state index is 12.6. The summed E-state index contributed by atoms with van der Waals surface area (Å²) in [5, 5.41) is 3.02. The van der Waals surface area contributed by atoms with Crippen molar-refractivity contribution in [2.75, 3.05) is 39.6 Å². The highest BCUT2D eigenvalue weighted by atomic mass is 35.5. The van der Waals surface area contributed by atoms with Crippen LogP contribution in [0.25, 0.3) is 0 Å². The van der Waals surface area contributed by atoms with Gasteiger partial charge in [0.25, 0.3) is 0 Å². The third-order valence-corrected chi connectivity index (χ3v) is 7.29. The summed E-state index contributed by atoms with van der Waals surface area (Å²) in [5.74, 6) is 0.554. The van der Waals surface area contributed by atoms with Gasteiger partial charge in [0.05, 0.1) is 22.7 Å². The van der Waals surface area contributed by atoms with Crippen molar-refractivity contribution in [1.82, 2.24) is 9.21 Å². The number of ether oxygens (including phenoxy) is 1. The fourth-order valence-electron chi connectivity index (χ4n) is 3.17. The lowest BCUT2D eigenvalue weighted by molar-refractivity contribution is -0.116. The number of carbonyl (C=O) groups is 1. The topological polar surface area (TPSA) is 79.0 Å². The van der Waals surface area contributed by atoms with E-state index in [-0.39, 0.29) is 34.0 Å². The number of benzene rings is 2. The Balaban J connectivity index is 2.06. The number of rotatable bonds is 10. The fourth-order valence-corrected chi connectivity index (χ4v) is 4.26. The molecule has 0 heterocycles. The first kappa shape index (κ1) is 25.1. The first-order valence-corrected chi connectivity index (χ1v) is 11.8. The lowest BCUT2D eigenvalue weighted by Crippen LogP contribution is -2.30. The molecule has 0 aliphatic carbocycles. The van der Waals surface area contributed by atoms with E-state index >= 15 is 0 Å². The van der Waals surface area contributed by atoms with E-state index in [9.17, 15) is 13.2 Å². The third-order valence-electron chi connectivity index (χ3n) is 5.15. The zero-order valence-electron chi connectivity index (χ0n) is 18.6. The van der Waals surface area contributed by atoms with Gasteiger partial charge in [0.1, 0.15) is 5.75 Å². The number of nitrogens with zero attached hydrogens (tertiary/aromatic N) is 2.